The smallest absolute Gasteiger partial charge is 0.270 e. The summed E-state index contributed by atoms with van der Waals surface area (Å²) >= 11 is 0. The fourth-order valence-electron chi connectivity index (χ4n) is 3.20. The Bertz CT molecular complexity index is 637. The summed E-state index contributed by atoms with van der Waals surface area (Å²) in [5, 5.41) is 6.55. The maximum absolute atomic E-state index is 12.2. The zero-order valence-electron chi connectivity index (χ0n) is 10.4. The molecule has 2 N–H and O–H groups in total. The van der Waals surface area contributed by atoms with E-state index in [0.29, 0.717) is 23.7 Å². The van der Waals surface area contributed by atoms with Crippen molar-refractivity contribution in [3.63, 3.8) is 0 Å². The van der Waals surface area contributed by atoms with Crippen LogP contribution in [0.3, 0.4) is 0 Å². The average Bonchev–Trinajstić information content (AvgIpc) is 3.13. The minimum absolute atomic E-state index is 0.0822. The normalized spacial score (nSPS) is 28.9. The van der Waals surface area contributed by atoms with Crippen LogP contribution < -0.4 is 10.6 Å². The van der Waals surface area contributed by atoms with Crippen molar-refractivity contribution in [2.45, 2.75) is 24.9 Å². The number of imidazole rings is 1. The van der Waals surface area contributed by atoms with Gasteiger partial charge in [0.15, 0.2) is 0 Å². The molecule has 2 fully saturated rings. The fraction of sp³-hybridized carbons (Fsp3) is 0.462. The Labute approximate surface area is 110 Å². The third-order valence-electron chi connectivity index (χ3n) is 4.21. The lowest BCUT2D eigenvalue weighted by atomic mass is 10.0. The first-order valence-corrected chi connectivity index (χ1v) is 6.61. The van der Waals surface area contributed by atoms with E-state index in [4.69, 9.17) is 0 Å². The van der Waals surface area contributed by atoms with Crippen molar-refractivity contribution in [1.29, 1.82) is 0 Å². The van der Waals surface area contributed by atoms with Crippen LogP contribution in [0.5, 0.6) is 0 Å². The van der Waals surface area contributed by atoms with Crippen LogP contribution in [0.1, 0.15) is 23.3 Å². The molecule has 19 heavy (non-hydrogen) atoms. The molecule has 2 aromatic rings. The molecule has 1 aliphatic heterocycles. The highest BCUT2D eigenvalue weighted by molar-refractivity contribution is 5.93. The molecule has 6 heteroatoms. The van der Waals surface area contributed by atoms with Gasteiger partial charge in [-0.15, -0.1) is 0 Å². The molecular formula is C13H15N5O. The van der Waals surface area contributed by atoms with Gasteiger partial charge in [-0.3, -0.25) is 9.20 Å². The predicted octanol–water partition coefficient (Wildman–Crippen LogP) is 0.209. The van der Waals surface area contributed by atoms with E-state index in [1.54, 1.807) is 29.3 Å². The highest BCUT2D eigenvalue weighted by Gasteiger charge is 2.40. The first kappa shape index (κ1) is 10.9. The van der Waals surface area contributed by atoms with E-state index in [-0.39, 0.29) is 5.91 Å². The number of fused-ring (bicyclic) bond motifs is 3. The van der Waals surface area contributed by atoms with Gasteiger partial charge in [-0.05, 0) is 24.8 Å². The van der Waals surface area contributed by atoms with Gasteiger partial charge in [-0.2, -0.15) is 0 Å². The molecule has 2 aliphatic rings. The molecule has 3 heterocycles. The van der Waals surface area contributed by atoms with Crippen LogP contribution in [0, 0.1) is 5.92 Å². The van der Waals surface area contributed by atoms with E-state index in [9.17, 15) is 4.79 Å². The lowest BCUT2D eigenvalue weighted by molar-refractivity contribution is 0.0920. The number of nitrogens with one attached hydrogen (secondary N) is 2. The molecule has 2 aromatic heterocycles. The van der Waals surface area contributed by atoms with Crippen molar-refractivity contribution in [2.75, 3.05) is 6.54 Å². The van der Waals surface area contributed by atoms with Crippen LogP contribution >= 0.6 is 0 Å². The summed E-state index contributed by atoms with van der Waals surface area (Å²) in [4.78, 5) is 20.4. The number of hydrogen-bond donors (Lipinski definition) is 2. The van der Waals surface area contributed by atoms with Crippen LogP contribution in [-0.4, -0.2) is 38.9 Å². The minimum Gasteiger partial charge on any atom is -0.348 e. The number of piperidine rings is 1. The van der Waals surface area contributed by atoms with Crippen molar-refractivity contribution in [3.05, 3.63) is 30.6 Å². The zero-order valence-corrected chi connectivity index (χ0v) is 10.4. The third kappa shape index (κ3) is 1.79. The lowest BCUT2D eigenvalue weighted by Crippen LogP contribution is -2.44. The maximum Gasteiger partial charge on any atom is 0.270 e. The number of hydrogen-bond acceptors (Lipinski definition) is 4. The number of nitrogens with zero attached hydrogens (tertiary/aromatic N) is 3. The standard InChI is InChI=1S/C13H15N5O/c19-13(17-11-2-9-1-8(11)4-15-9)12-3-10-5-14-6-18(10)7-16-12/h3,5-9,11,15H,1-2,4H2,(H,17,19)/t8-,9-,11-/m1/s1. The number of carbonyl (C=O) groups is 1. The van der Waals surface area contributed by atoms with Crippen molar-refractivity contribution in [3.8, 4) is 0 Å². The van der Waals surface area contributed by atoms with E-state index in [1.807, 2.05) is 0 Å². The molecule has 4 rings (SSSR count). The Morgan fingerprint density at radius 3 is 3.16 bits per heavy atom. The van der Waals surface area contributed by atoms with Crippen LogP contribution in [0.25, 0.3) is 5.52 Å². The summed E-state index contributed by atoms with van der Waals surface area (Å²) < 4.78 is 1.79. The molecule has 6 nitrogen and oxygen atoms in total. The summed E-state index contributed by atoms with van der Waals surface area (Å²) in [5.41, 5.74) is 1.35. The molecule has 3 atom stereocenters. The van der Waals surface area contributed by atoms with E-state index in [1.165, 1.54) is 6.42 Å². The van der Waals surface area contributed by atoms with Crippen molar-refractivity contribution >= 4 is 11.4 Å². The van der Waals surface area contributed by atoms with Gasteiger partial charge in [-0.25, -0.2) is 9.97 Å². The predicted molar refractivity (Wildman–Crippen MR) is 68.8 cm³/mol. The second kappa shape index (κ2) is 4.03. The Balaban J connectivity index is 1.53. The third-order valence-corrected chi connectivity index (χ3v) is 4.21. The van der Waals surface area contributed by atoms with Gasteiger partial charge < -0.3 is 10.6 Å². The van der Waals surface area contributed by atoms with Gasteiger partial charge in [0.25, 0.3) is 5.91 Å². The topological polar surface area (TPSA) is 71.3 Å². The Hall–Kier alpha value is -1.95. The fourth-order valence-corrected chi connectivity index (χ4v) is 3.20. The summed E-state index contributed by atoms with van der Waals surface area (Å²) in [7, 11) is 0. The molecule has 0 radical (unpaired) electrons. The monoisotopic (exact) mass is 257 g/mol. The van der Waals surface area contributed by atoms with Gasteiger partial charge in [0.05, 0.1) is 11.7 Å². The quantitative estimate of drug-likeness (QED) is 0.807. The first-order chi connectivity index (χ1) is 9.29. The second-order valence-electron chi connectivity index (χ2n) is 5.42. The Kier molecular flexibility index (Phi) is 2.32. The minimum atomic E-state index is -0.0822. The van der Waals surface area contributed by atoms with Crippen LogP contribution in [0.15, 0.2) is 24.9 Å². The zero-order chi connectivity index (χ0) is 12.8. The summed E-state index contributed by atoms with van der Waals surface area (Å²) in [5.74, 6) is 0.494. The first-order valence-electron chi connectivity index (χ1n) is 6.61. The molecule has 98 valence electrons. The van der Waals surface area contributed by atoms with E-state index >= 15 is 0 Å². The second-order valence-corrected chi connectivity index (χ2v) is 5.42. The molecular weight excluding hydrogens is 242 g/mol. The van der Waals surface area contributed by atoms with Crippen molar-refractivity contribution in [1.82, 2.24) is 25.0 Å². The Morgan fingerprint density at radius 2 is 2.37 bits per heavy atom. The number of carbonyl (C=O) groups excluding carboxylic acids is 1. The average molecular weight is 257 g/mol. The highest BCUT2D eigenvalue weighted by Crippen LogP contribution is 2.31. The molecule has 0 spiro atoms. The van der Waals surface area contributed by atoms with Crippen LogP contribution in [-0.2, 0) is 0 Å². The van der Waals surface area contributed by atoms with Gasteiger partial charge >= 0.3 is 0 Å². The summed E-state index contributed by atoms with van der Waals surface area (Å²) in [6.45, 7) is 1.02. The van der Waals surface area contributed by atoms with E-state index < -0.39 is 0 Å². The lowest BCUT2D eigenvalue weighted by Gasteiger charge is -2.23. The number of amides is 1. The van der Waals surface area contributed by atoms with E-state index in [2.05, 4.69) is 20.6 Å². The number of aromatic nitrogens is 3. The number of rotatable bonds is 2. The molecule has 1 aliphatic carbocycles. The van der Waals surface area contributed by atoms with Gasteiger partial charge in [-0.1, -0.05) is 0 Å². The molecule has 2 bridgehead atoms. The van der Waals surface area contributed by atoms with Crippen LogP contribution in [0.4, 0.5) is 0 Å². The SMILES string of the molecule is O=C(N[C@@H]1C[C@H]2C[C@@H]1CN2)c1cc2cncn2cn1. The van der Waals surface area contributed by atoms with Crippen molar-refractivity contribution < 1.29 is 4.79 Å². The molecule has 0 unspecified atom stereocenters. The van der Waals surface area contributed by atoms with Crippen molar-refractivity contribution in [2.24, 2.45) is 5.92 Å². The molecule has 1 amide bonds. The molecule has 1 saturated heterocycles. The summed E-state index contributed by atoms with van der Waals surface area (Å²) in [6, 6.07) is 2.65. The van der Waals surface area contributed by atoms with E-state index in [0.717, 1.165) is 18.5 Å². The van der Waals surface area contributed by atoms with Gasteiger partial charge in [0.2, 0.25) is 0 Å². The highest BCUT2D eigenvalue weighted by atomic mass is 16.1. The van der Waals surface area contributed by atoms with Gasteiger partial charge in [0, 0.05) is 18.6 Å². The maximum atomic E-state index is 12.2. The Morgan fingerprint density at radius 1 is 1.42 bits per heavy atom. The molecule has 0 aromatic carbocycles. The van der Waals surface area contributed by atoms with Gasteiger partial charge in [0.1, 0.15) is 18.3 Å². The summed E-state index contributed by atoms with van der Waals surface area (Å²) in [6.07, 6.45) is 7.23. The van der Waals surface area contributed by atoms with Crippen LogP contribution in [0.2, 0.25) is 0 Å². The largest absolute Gasteiger partial charge is 0.348 e. The molecule has 1 saturated carbocycles.